The molecule has 0 amide bonds. The fourth-order valence-electron chi connectivity index (χ4n) is 1.44. The van der Waals surface area contributed by atoms with Crippen molar-refractivity contribution in [1.82, 2.24) is 10.2 Å². The lowest BCUT2D eigenvalue weighted by Crippen LogP contribution is -2.05. The van der Waals surface area contributed by atoms with Gasteiger partial charge in [-0.2, -0.15) is 5.10 Å². The number of nitrogen functional groups attached to an aromatic ring is 1. The highest BCUT2D eigenvalue weighted by Gasteiger charge is 2.21. The first-order valence-electron chi connectivity index (χ1n) is 4.62. The summed E-state index contributed by atoms with van der Waals surface area (Å²) in [5.74, 6) is -0.495. The van der Waals surface area contributed by atoms with Crippen LogP contribution in [0, 0.1) is 5.82 Å². The average Bonchev–Trinajstić information content (AvgIpc) is 2.72. The highest BCUT2D eigenvalue weighted by atomic mass is 79.9. The molecule has 4 nitrogen and oxygen atoms in total. The van der Waals surface area contributed by atoms with E-state index in [1.165, 1.54) is 12.3 Å². The molecule has 1 atom stereocenters. The number of nitrogens with one attached hydrogen (secondary N) is 1. The molecule has 7 heteroatoms. The topological polar surface area (TPSA) is 74.9 Å². The summed E-state index contributed by atoms with van der Waals surface area (Å²) >= 11 is 8.84. The van der Waals surface area contributed by atoms with Crippen LogP contribution in [-0.4, -0.2) is 15.3 Å². The van der Waals surface area contributed by atoms with Crippen molar-refractivity contribution < 1.29 is 9.50 Å². The van der Waals surface area contributed by atoms with Crippen molar-refractivity contribution in [2.45, 2.75) is 6.10 Å². The highest BCUT2D eigenvalue weighted by Crippen LogP contribution is 2.33. The van der Waals surface area contributed by atoms with Crippen LogP contribution < -0.4 is 5.73 Å². The number of benzene rings is 1. The Bertz CT molecular complexity index is 560. The number of nitrogens with zero attached hydrogens (tertiary/aromatic N) is 1. The van der Waals surface area contributed by atoms with E-state index in [0.29, 0.717) is 10.0 Å². The van der Waals surface area contributed by atoms with Gasteiger partial charge in [-0.15, -0.1) is 0 Å². The van der Waals surface area contributed by atoms with E-state index in [9.17, 15) is 9.50 Å². The molecule has 1 aromatic heterocycles. The van der Waals surface area contributed by atoms with Crippen LogP contribution in [0.2, 0.25) is 5.02 Å². The molecular formula is C10H8BrClFN3O. The van der Waals surface area contributed by atoms with E-state index in [1.54, 1.807) is 6.07 Å². The third-order valence-electron chi connectivity index (χ3n) is 2.35. The van der Waals surface area contributed by atoms with E-state index in [4.69, 9.17) is 17.3 Å². The predicted octanol–water partition coefficient (Wildman–Crippen LogP) is 2.63. The maximum atomic E-state index is 13.8. The van der Waals surface area contributed by atoms with Crippen molar-refractivity contribution >= 4 is 33.3 Å². The van der Waals surface area contributed by atoms with Gasteiger partial charge in [0.1, 0.15) is 17.7 Å². The molecule has 2 aromatic rings. The second kappa shape index (κ2) is 4.64. The van der Waals surface area contributed by atoms with E-state index in [1.807, 2.05) is 0 Å². The Labute approximate surface area is 110 Å². The molecule has 0 aliphatic carbocycles. The van der Waals surface area contributed by atoms with Crippen LogP contribution in [0.25, 0.3) is 0 Å². The smallest absolute Gasteiger partial charge is 0.149 e. The maximum absolute atomic E-state index is 13.8. The van der Waals surface area contributed by atoms with E-state index in [-0.39, 0.29) is 16.4 Å². The Balaban J connectivity index is 2.48. The number of anilines is 1. The standard InChI is InChI=1S/C10H8BrClFN3O/c11-6-2-1-4(8(13)7(6)12)9(17)5-3-15-16-10(5)14/h1-3,9,17H,(H3,14,15,16). The Morgan fingerprint density at radius 2 is 2.18 bits per heavy atom. The van der Waals surface area contributed by atoms with Gasteiger partial charge in [0.2, 0.25) is 0 Å². The molecule has 1 unspecified atom stereocenters. The number of halogens is 3. The first kappa shape index (κ1) is 12.3. The van der Waals surface area contributed by atoms with E-state index in [2.05, 4.69) is 26.1 Å². The first-order chi connectivity index (χ1) is 8.02. The lowest BCUT2D eigenvalue weighted by Gasteiger charge is -2.12. The molecule has 0 aliphatic heterocycles. The maximum Gasteiger partial charge on any atom is 0.149 e. The second-order valence-corrected chi connectivity index (χ2v) is 4.64. The van der Waals surface area contributed by atoms with Crippen LogP contribution in [0.1, 0.15) is 17.2 Å². The molecule has 2 rings (SSSR count). The van der Waals surface area contributed by atoms with Crippen molar-refractivity contribution in [3.8, 4) is 0 Å². The summed E-state index contributed by atoms with van der Waals surface area (Å²) in [5, 5.41) is 16.1. The van der Waals surface area contributed by atoms with Crippen molar-refractivity contribution in [2.75, 3.05) is 5.73 Å². The minimum atomic E-state index is -1.21. The van der Waals surface area contributed by atoms with Gasteiger partial charge in [-0.1, -0.05) is 17.7 Å². The molecule has 0 saturated carbocycles. The number of aliphatic hydroxyl groups is 1. The number of rotatable bonds is 2. The molecule has 0 radical (unpaired) electrons. The quantitative estimate of drug-likeness (QED) is 0.745. The molecule has 4 N–H and O–H groups in total. The lowest BCUT2D eigenvalue weighted by molar-refractivity contribution is 0.215. The van der Waals surface area contributed by atoms with Gasteiger partial charge in [-0.05, 0) is 22.0 Å². The zero-order chi connectivity index (χ0) is 12.6. The summed E-state index contributed by atoms with van der Waals surface area (Å²) in [6.45, 7) is 0. The third-order valence-corrected chi connectivity index (χ3v) is 3.61. The Morgan fingerprint density at radius 1 is 1.47 bits per heavy atom. The number of hydrogen-bond donors (Lipinski definition) is 3. The molecule has 90 valence electrons. The van der Waals surface area contributed by atoms with Gasteiger partial charge in [-0.3, -0.25) is 5.10 Å². The molecule has 0 spiro atoms. The van der Waals surface area contributed by atoms with E-state index in [0.717, 1.165) is 0 Å². The Kier molecular flexibility index (Phi) is 3.37. The average molecular weight is 321 g/mol. The van der Waals surface area contributed by atoms with Gasteiger partial charge < -0.3 is 10.8 Å². The number of hydrogen-bond acceptors (Lipinski definition) is 3. The Morgan fingerprint density at radius 3 is 2.76 bits per heavy atom. The number of aromatic nitrogens is 2. The summed E-state index contributed by atoms with van der Waals surface area (Å²) in [4.78, 5) is 0. The third kappa shape index (κ3) is 2.15. The lowest BCUT2D eigenvalue weighted by atomic mass is 10.0. The summed E-state index contributed by atoms with van der Waals surface area (Å²) in [5.41, 5.74) is 5.91. The molecule has 17 heavy (non-hydrogen) atoms. The number of H-pyrrole nitrogens is 1. The second-order valence-electron chi connectivity index (χ2n) is 3.41. The molecule has 0 aliphatic rings. The normalized spacial score (nSPS) is 12.7. The summed E-state index contributed by atoms with van der Waals surface area (Å²) in [7, 11) is 0. The van der Waals surface area contributed by atoms with Crippen molar-refractivity contribution in [3.63, 3.8) is 0 Å². The zero-order valence-corrected chi connectivity index (χ0v) is 10.8. The summed E-state index contributed by atoms with van der Waals surface area (Å²) in [6.07, 6.45) is 0.134. The molecule has 1 heterocycles. The van der Waals surface area contributed by atoms with Gasteiger partial charge in [0, 0.05) is 15.6 Å². The van der Waals surface area contributed by atoms with Crippen LogP contribution in [0.3, 0.4) is 0 Å². The van der Waals surface area contributed by atoms with E-state index >= 15 is 0 Å². The van der Waals surface area contributed by atoms with Gasteiger partial charge in [0.15, 0.2) is 0 Å². The number of aromatic amines is 1. The van der Waals surface area contributed by atoms with Crippen LogP contribution in [-0.2, 0) is 0 Å². The predicted molar refractivity (Wildman–Crippen MR) is 66.2 cm³/mol. The number of aliphatic hydroxyl groups excluding tert-OH is 1. The Hall–Kier alpha value is -1.11. The van der Waals surface area contributed by atoms with Crippen LogP contribution in [0.15, 0.2) is 22.8 Å². The number of nitrogens with two attached hydrogens (primary N) is 1. The van der Waals surface area contributed by atoms with Crippen LogP contribution in [0.5, 0.6) is 0 Å². The van der Waals surface area contributed by atoms with Gasteiger partial charge in [0.05, 0.1) is 11.2 Å². The van der Waals surface area contributed by atoms with Crippen molar-refractivity contribution in [2.24, 2.45) is 0 Å². The van der Waals surface area contributed by atoms with Crippen molar-refractivity contribution in [3.05, 3.63) is 44.8 Å². The highest BCUT2D eigenvalue weighted by molar-refractivity contribution is 9.10. The molecule has 0 fully saturated rings. The molecular weight excluding hydrogens is 312 g/mol. The van der Waals surface area contributed by atoms with Crippen molar-refractivity contribution in [1.29, 1.82) is 0 Å². The monoisotopic (exact) mass is 319 g/mol. The fraction of sp³-hybridized carbons (Fsp3) is 0.100. The fourth-order valence-corrected chi connectivity index (χ4v) is 1.92. The van der Waals surface area contributed by atoms with Gasteiger partial charge >= 0.3 is 0 Å². The minimum absolute atomic E-state index is 0.0475. The molecule has 1 aromatic carbocycles. The van der Waals surface area contributed by atoms with Gasteiger partial charge in [-0.25, -0.2) is 4.39 Å². The van der Waals surface area contributed by atoms with E-state index < -0.39 is 11.9 Å². The van der Waals surface area contributed by atoms with Crippen LogP contribution >= 0.6 is 27.5 Å². The van der Waals surface area contributed by atoms with Gasteiger partial charge in [0.25, 0.3) is 0 Å². The summed E-state index contributed by atoms with van der Waals surface area (Å²) in [6, 6.07) is 2.99. The zero-order valence-electron chi connectivity index (χ0n) is 8.42. The largest absolute Gasteiger partial charge is 0.384 e. The molecule has 0 bridgehead atoms. The SMILES string of the molecule is Nc1[nH]ncc1C(O)c1ccc(Br)c(Cl)c1F. The minimum Gasteiger partial charge on any atom is -0.384 e. The summed E-state index contributed by atoms with van der Waals surface area (Å²) < 4.78 is 14.3. The van der Waals surface area contributed by atoms with Crippen LogP contribution in [0.4, 0.5) is 10.2 Å². The first-order valence-corrected chi connectivity index (χ1v) is 5.79. The molecule has 0 saturated heterocycles.